The van der Waals surface area contributed by atoms with Crippen molar-refractivity contribution in [2.24, 2.45) is 21.5 Å². The molecule has 4 amide bonds. The van der Waals surface area contributed by atoms with Crippen LogP contribution in [0, 0.1) is 13.8 Å². The van der Waals surface area contributed by atoms with E-state index in [-0.39, 0.29) is 24.0 Å². The number of urea groups is 2. The first-order valence-corrected chi connectivity index (χ1v) is 16.9. The van der Waals surface area contributed by atoms with Gasteiger partial charge in [0.1, 0.15) is 0 Å². The molecule has 16 heteroatoms. The molecular weight excluding hydrogens is 601 g/mol. The standard InChI is InChI=1S/C28H50N12O2S2/c1-19-21(43-25(31)37-19)13-11-17-33-23(29)39-27(41)35-15-9-7-5-3-4-6-8-10-16-36-28(42)40-24(30)34-18-12-14-22-20(2)38-26(32)44-22/h3-18H2,1-2H3,(H2,31,37)(H2,32,38)(H4,29,33,35,39,41)(H4,30,34,36,40,42). The SMILES string of the molecule is Cc1nc(N)sc1CCCN=C(N)NC(=O)NCCCCCCCCCCNC(=O)NC(N)=NCCCc1sc(N)nc1C. The van der Waals surface area contributed by atoms with Crippen molar-refractivity contribution in [2.75, 3.05) is 37.6 Å². The number of nitrogens with one attached hydrogen (secondary N) is 4. The second-order valence-electron chi connectivity index (χ2n) is 10.5. The Morgan fingerprint density at radius 1 is 0.636 bits per heavy atom. The highest BCUT2D eigenvalue weighted by atomic mass is 32.1. The number of hydrogen-bond acceptors (Lipinski definition) is 10. The number of nitrogens with zero attached hydrogens (tertiary/aromatic N) is 4. The predicted molar refractivity (Wildman–Crippen MR) is 182 cm³/mol. The number of carbonyl (C=O) groups is 2. The lowest BCUT2D eigenvalue weighted by Gasteiger charge is -2.08. The minimum absolute atomic E-state index is 0.119. The van der Waals surface area contributed by atoms with Crippen LogP contribution in [0.15, 0.2) is 9.98 Å². The first-order chi connectivity index (χ1) is 21.1. The van der Waals surface area contributed by atoms with E-state index in [9.17, 15) is 9.59 Å². The summed E-state index contributed by atoms with van der Waals surface area (Å²) in [6.07, 6.45) is 11.7. The van der Waals surface area contributed by atoms with Crippen LogP contribution >= 0.6 is 22.7 Å². The van der Waals surface area contributed by atoms with Crippen LogP contribution in [-0.2, 0) is 12.8 Å². The van der Waals surface area contributed by atoms with E-state index in [1.807, 2.05) is 13.8 Å². The molecule has 0 saturated heterocycles. The maximum atomic E-state index is 12.0. The zero-order valence-corrected chi connectivity index (χ0v) is 27.7. The highest BCUT2D eigenvalue weighted by Crippen LogP contribution is 2.21. The number of carbonyl (C=O) groups excluding carboxylic acids is 2. The first-order valence-electron chi connectivity index (χ1n) is 15.3. The molecule has 2 aromatic heterocycles. The third-order valence-corrected chi connectivity index (χ3v) is 8.76. The average Bonchev–Trinajstić information content (AvgIpc) is 3.46. The fourth-order valence-corrected chi connectivity index (χ4v) is 6.11. The summed E-state index contributed by atoms with van der Waals surface area (Å²) in [5.41, 5.74) is 24.9. The minimum Gasteiger partial charge on any atom is -0.375 e. The number of rotatable bonds is 19. The predicted octanol–water partition coefficient (Wildman–Crippen LogP) is 3.29. The van der Waals surface area contributed by atoms with Gasteiger partial charge in [-0.2, -0.15) is 0 Å². The van der Waals surface area contributed by atoms with Crippen molar-refractivity contribution in [3.63, 3.8) is 0 Å². The second-order valence-corrected chi connectivity index (χ2v) is 12.7. The van der Waals surface area contributed by atoms with Gasteiger partial charge in [-0.15, -0.1) is 22.7 Å². The van der Waals surface area contributed by atoms with Gasteiger partial charge in [-0.25, -0.2) is 19.6 Å². The normalized spacial score (nSPS) is 11.9. The lowest BCUT2D eigenvalue weighted by molar-refractivity contribution is 0.244. The van der Waals surface area contributed by atoms with Gasteiger partial charge in [-0.1, -0.05) is 38.5 Å². The van der Waals surface area contributed by atoms with Gasteiger partial charge in [-0.05, 0) is 52.4 Å². The number of nitrogen functional groups attached to an aromatic ring is 2. The summed E-state index contributed by atoms with van der Waals surface area (Å²) in [7, 11) is 0. The van der Waals surface area contributed by atoms with Gasteiger partial charge in [0.15, 0.2) is 22.2 Å². The fraction of sp³-hybridized carbons (Fsp3) is 0.643. The zero-order chi connectivity index (χ0) is 32.2. The molecule has 0 aliphatic rings. The molecule has 0 aliphatic carbocycles. The monoisotopic (exact) mass is 650 g/mol. The van der Waals surface area contributed by atoms with E-state index in [2.05, 4.69) is 41.2 Å². The maximum Gasteiger partial charge on any atom is 0.321 e. The van der Waals surface area contributed by atoms with E-state index in [0.717, 1.165) is 98.2 Å². The van der Waals surface area contributed by atoms with Crippen LogP contribution in [0.5, 0.6) is 0 Å². The Kier molecular flexibility index (Phi) is 17.5. The van der Waals surface area contributed by atoms with Gasteiger partial charge in [0.2, 0.25) is 0 Å². The number of anilines is 2. The first kappa shape index (κ1) is 36.5. The topological polar surface area (TPSA) is 237 Å². The number of amides is 4. The quantitative estimate of drug-likeness (QED) is 0.0636. The second kappa shape index (κ2) is 21.1. The summed E-state index contributed by atoms with van der Waals surface area (Å²) < 4.78 is 0. The summed E-state index contributed by atoms with van der Waals surface area (Å²) in [5, 5.41) is 11.9. The number of hydrogen-bond donors (Lipinski definition) is 8. The number of aromatic nitrogens is 2. The minimum atomic E-state index is -0.334. The smallest absolute Gasteiger partial charge is 0.321 e. The molecule has 0 atom stereocenters. The molecule has 44 heavy (non-hydrogen) atoms. The lowest BCUT2D eigenvalue weighted by atomic mass is 10.1. The largest absolute Gasteiger partial charge is 0.375 e. The van der Waals surface area contributed by atoms with Crippen molar-refractivity contribution >= 4 is 56.9 Å². The summed E-state index contributed by atoms with van der Waals surface area (Å²) in [5.74, 6) is 0.237. The lowest BCUT2D eigenvalue weighted by Crippen LogP contribution is -2.43. The van der Waals surface area contributed by atoms with Crippen LogP contribution in [0.25, 0.3) is 0 Å². The Balaban J connectivity index is 1.36. The molecule has 2 rings (SSSR count). The molecule has 0 aromatic carbocycles. The Bertz CT molecular complexity index is 1120. The zero-order valence-electron chi connectivity index (χ0n) is 26.0. The van der Waals surface area contributed by atoms with Gasteiger partial charge >= 0.3 is 12.1 Å². The number of nitrogens with two attached hydrogens (primary N) is 4. The number of guanidine groups is 2. The molecule has 2 heterocycles. The molecule has 0 fully saturated rings. The maximum absolute atomic E-state index is 12.0. The number of aryl methyl sites for hydroxylation is 4. The molecule has 0 radical (unpaired) electrons. The molecule has 0 spiro atoms. The van der Waals surface area contributed by atoms with Crippen LogP contribution in [0.2, 0.25) is 0 Å². The fourth-order valence-electron chi connectivity index (χ4n) is 4.36. The third-order valence-electron chi connectivity index (χ3n) is 6.66. The molecular formula is C28H50N12O2S2. The number of unbranched alkanes of at least 4 members (excludes halogenated alkanes) is 7. The van der Waals surface area contributed by atoms with E-state index in [1.54, 1.807) is 0 Å². The van der Waals surface area contributed by atoms with E-state index >= 15 is 0 Å². The van der Waals surface area contributed by atoms with Crippen molar-refractivity contribution in [3.05, 3.63) is 21.1 Å². The van der Waals surface area contributed by atoms with E-state index in [1.165, 1.54) is 22.7 Å². The van der Waals surface area contributed by atoms with Crippen LogP contribution < -0.4 is 44.2 Å². The Morgan fingerprint density at radius 3 is 1.34 bits per heavy atom. The van der Waals surface area contributed by atoms with Gasteiger partial charge in [0.25, 0.3) is 0 Å². The van der Waals surface area contributed by atoms with Crippen molar-refractivity contribution in [1.29, 1.82) is 0 Å². The molecule has 0 aliphatic heterocycles. The molecule has 2 aromatic rings. The number of thiazole rings is 2. The van der Waals surface area contributed by atoms with Crippen molar-refractivity contribution in [1.82, 2.24) is 31.2 Å². The summed E-state index contributed by atoms with van der Waals surface area (Å²) in [6, 6.07) is -0.669. The van der Waals surface area contributed by atoms with Crippen molar-refractivity contribution in [2.45, 2.75) is 90.9 Å². The molecule has 14 nitrogen and oxygen atoms in total. The molecule has 246 valence electrons. The number of aliphatic imine (C=N–C) groups is 2. The van der Waals surface area contributed by atoms with Crippen LogP contribution in [0.1, 0.15) is 85.4 Å². The van der Waals surface area contributed by atoms with Gasteiger partial charge in [-0.3, -0.25) is 20.6 Å². The Morgan fingerprint density at radius 2 is 1.00 bits per heavy atom. The van der Waals surface area contributed by atoms with E-state index < -0.39 is 0 Å². The van der Waals surface area contributed by atoms with Crippen LogP contribution in [0.4, 0.5) is 19.9 Å². The molecule has 0 unspecified atom stereocenters. The summed E-state index contributed by atoms with van der Waals surface area (Å²) in [4.78, 5) is 43.1. The molecule has 0 bridgehead atoms. The Labute approximate surface area is 268 Å². The van der Waals surface area contributed by atoms with Gasteiger partial charge < -0.3 is 33.6 Å². The van der Waals surface area contributed by atoms with Crippen LogP contribution in [-0.4, -0.2) is 60.1 Å². The van der Waals surface area contributed by atoms with Crippen molar-refractivity contribution < 1.29 is 9.59 Å². The van der Waals surface area contributed by atoms with Crippen LogP contribution in [0.3, 0.4) is 0 Å². The molecule has 0 saturated carbocycles. The van der Waals surface area contributed by atoms with E-state index in [0.29, 0.717) is 36.4 Å². The highest BCUT2D eigenvalue weighted by molar-refractivity contribution is 7.15. The third kappa shape index (κ3) is 16.3. The van der Waals surface area contributed by atoms with Crippen molar-refractivity contribution in [3.8, 4) is 0 Å². The van der Waals surface area contributed by atoms with Gasteiger partial charge in [0, 0.05) is 35.9 Å². The molecule has 12 N–H and O–H groups in total. The van der Waals surface area contributed by atoms with E-state index in [4.69, 9.17) is 22.9 Å². The average molecular weight is 651 g/mol. The Hall–Kier alpha value is -3.66. The summed E-state index contributed by atoms with van der Waals surface area (Å²) in [6.45, 7) is 6.12. The summed E-state index contributed by atoms with van der Waals surface area (Å²) >= 11 is 2.99. The highest BCUT2D eigenvalue weighted by Gasteiger charge is 2.07. The van der Waals surface area contributed by atoms with Gasteiger partial charge in [0.05, 0.1) is 11.4 Å².